The van der Waals surface area contributed by atoms with E-state index in [-0.39, 0.29) is 18.4 Å². The molecule has 1 aromatic carbocycles. The fraction of sp³-hybridized carbons (Fsp3) is 0.231. The quantitative estimate of drug-likeness (QED) is 0.898. The molecule has 94 valence electrons. The van der Waals surface area contributed by atoms with Gasteiger partial charge in [-0.3, -0.25) is 9.59 Å². The van der Waals surface area contributed by atoms with Crippen LogP contribution in [0.3, 0.4) is 0 Å². The molecular formula is C13H13ClN2O2. The minimum atomic E-state index is -0.601. The van der Waals surface area contributed by atoms with E-state index in [1.807, 2.05) is 30.3 Å². The zero-order valence-corrected chi connectivity index (χ0v) is 10.4. The molecule has 0 aromatic heterocycles. The average molecular weight is 265 g/mol. The molecule has 1 N–H and O–H groups in total. The molecule has 0 radical (unpaired) electrons. The smallest absolute Gasteiger partial charge is 0.250 e. The first kappa shape index (κ1) is 12.6. The van der Waals surface area contributed by atoms with Gasteiger partial charge in [-0.2, -0.15) is 0 Å². The summed E-state index contributed by atoms with van der Waals surface area (Å²) in [5.41, 5.74) is 2.13. The molecule has 4 nitrogen and oxygen atoms in total. The van der Waals surface area contributed by atoms with E-state index in [1.165, 1.54) is 10.4 Å². The molecule has 0 saturated carbocycles. The van der Waals surface area contributed by atoms with Gasteiger partial charge in [0.05, 0.1) is 6.54 Å². The molecule has 1 heterocycles. The fourth-order valence-corrected chi connectivity index (χ4v) is 1.97. The molecule has 5 heteroatoms. The summed E-state index contributed by atoms with van der Waals surface area (Å²) in [6, 6.07) is 8.59. The third-order valence-electron chi connectivity index (χ3n) is 2.75. The zero-order chi connectivity index (χ0) is 13.0. The molecule has 18 heavy (non-hydrogen) atoms. The number of rotatable bonds is 3. The topological polar surface area (TPSA) is 49.4 Å². The van der Waals surface area contributed by atoms with Crippen LogP contribution in [0.4, 0.5) is 0 Å². The highest BCUT2D eigenvalue weighted by atomic mass is 35.5. The predicted molar refractivity (Wildman–Crippen MR) is 68.9 cm³/mol. The van der Waals surface area contributed by atoms with Crippen LogP contribution in [0.1, 0.15) is 11.6 Å². The van der Waals surface area contributed by atoms with E-state index in [2.05, 4.69) is 5.32 Å². The van der Waals surface area contributed by atoms with Crippen LogP contribution in [0.25, 0.3) is 0 Å². The molecular weight excluding hydrogens is 252 g/mol. The van der Waals surface area contributed by atoms with E-state index in [1.54, 1.807) is 6.08 Å². The lowest BCUT2D eigenvalue weighted by molar-refractivity contribution is -0.143. The zero-order valence-electron chi connectivity index (χ0n) is 9.67. The second kappa shape index (κ2) is 5.69. The summed E-state index contributed by atoms with van der Waals surface area (Å²) in [7, 11) is 0. The third kappa shape index (κ3) is 2.71. The van der Waals surface area contributed by atoms with Gasteiger partial charge >= 0.3 is 0 Å². The van der Waals surface area contributed by atoms with Crippen LogP contribution in [0.15, 0.2) is 41.9 Å². The van der Waals surface area contributed by atoms with Crippen LogP contribution >= 0.6 is 11.6 Å². The predicted octanol–water partition coefficient (Wildman–Crippen LogP) is 1.44. The van der Waals surface area contributed by atoms with Gasteiger partial charge in [0.1, 0.15) is 6.04 Å². The molecule has 1 aromatic rings. The second-order valence-electron chi connectivity index (χ2n) is 3.99. The van der Waals surface area contributed by atoms with Gasteiger partial charge in [-0.15, -0.1) is 0 Å². The molecule has 1 aliphatic rings. The van der Waals surface area contributed by atoms with Crippen molar-refractivity contribution in [3.63, 3.8) is 0 Å². The van der Waals surface area contributed by atoms with Gasteiger partial charge in [0.2, 0.25) is 5.91 Å². The highest BCUT2D eigenvalue weighted by Gasteiger charge is 2.32. The summed E-state index contributed by atoms with van der Waals surface area (Å²) >= 11 is 5.44. The van der Waals surface area contributed by atoms with Gasteiger partial charge in [-0.1, -0.05) is 48.0 Å². The SMILES string of the molecule is O=C1CN(C/C=C/Cl)C(=O)C(c2ccccc2)N1. The Kier molecular flexibility index (Phi) is 3.99. The number of hydrogen-bond acceptors (Lipinski definition) is 2. The normalized spacial score (nSPS) is 20.3. The van der Waals surface area contributed by atoms with E-state index >= 15 is 0 Å². The van der Waals surface area contributed by atoms with Crippen molar-refractivity contribution < 1.29 is 9.59 Å². The lowest BCUT2D eigenvalue weighted by atomic mass is 10.0. The van der Waals surface area contributed by atoms with Crippen molar-refractivity contribution in [2.75, 3.05) is 13.1 Å². The van der Waals surface area contributed by atoms with E-state index in [0.29, 0.717) is 6.54 Å². The molecule has 1 atom stereocenters. The Morgan fingerprint density at radius 1 is 1.33 bits per heavy atom. The minimum absolute atomic E-state index is 0.0728. The standard InChI is InChI=1S/C13H13ClN2O2/c14-7-4-8-16-9-11(17)15-12(13(16)18)10-5-2-1-3-6-10/h1-7,12H,8-9H2,(H,15,17)/b7-4+. The number of carbonyl (C=O) groups is 2. The van der Waals surface area contributed by atoms with Gasteiger partial charge in [0.15, 0.2) is 0 Å². The van der Waals surface area contributed by atoms with Crippen molar-refractivity contribution >= 4 is 23.4 Å². The van der Waals surface area contributed by atoms with Crippen LogP contribution in [-0.2, 0) is 9.59 Å². The summed E-state index contributed by atoms with van der Waals surface area (Å²) in [6.45, 7) is 0.419. The van der Waals surface area contributed by atoms with Crippen molar-refractivity contribution in [1.82, 2.24) is 10.2 Å². The summed E-state index contributed by atoms with van der Waals surface area (Å²) in [5.74, 6) is -0.276. The fourth-order valence-electron chi connectivity index (χ4n) is 1.90. The summed E-state index contributed by atoms with van der Waals surface area (Å²) < 4.78 is 0. The highest BCUT2D eigenvalue weighted by Crippen LogP contribution is 2.18. The Balaban J connectivity index is 2.20. The molecule has 1 fully saturated rings. The maximum atomic E-state index is 12.2. The van der Waals surface area contributed by atoms with Crippen molar-refractivity contribution in [3.05, 3.63) is 47.5 Å². The molecule has 1 unspecified atom stereocenters. The van der Waals surface area contributed by atoms with E-state index in [9.17, 15) is 9.59 Å². The first-order valence-electron chi connectivity index (χ1n) is 5.60. The number of carbonyl (C=O) groups excluding carboxylic acids is 2. The first-order valence-corrected chi connectivity index (χ1v) is 6.04. The van der Waals surface area contributed by atoms with Gasteiger partial charge < -0.3 is 10.2 Å². The van der Waals surface area contributed by atoms with Crippen molar-refractivity contribution in [3.8, 4) is 0 Å². The molecule has 0 aliphatic carbocycles. The first-order chi connectivity index (χ1) is 8.72. The minimum Gasteiger partial charge on any atom is -0.339 e. The number of amides is 2. The average Bonchev–Trinajstić information content (AvgIpc) is 2.40. The Morgan fingerprint density at radius 2 is 2.06 bits per heavy atom. The molecule has 2 amide bonds. The van der Waals surface area contributed by atoms with Crippen LogP contribution in [0, 0.1) is 0 Å². The van der Waals surface area contributed by atoms with Crippen molar-refractivity contribution in [2.45, 2.75) is 6.04 Å². The van der Waals surface area contributed by atoms with Crippen LogP contribution < -0.4 is 5.32 Å². The van der Waals surface area contributed by atoms with Crippen LogP contribution in [0.5, 0.6) is 0 Å². The number of piperazine rings is 1. The largest absolute Gasteiger partial charge is 0.339 e. The lowest BCUT2D eigenvalue weighted by Gasteiger charge is -2.32. The monoisotopic (exact) mass is 264 g/mol. The van der Waals surface area contributed by atoms with Crippen LogP contribution in [-0.4, -0.2) is 29.8 Å². The van der Waals surface area contributed by atoms with Gasteiger partial charge in [-0.25, -0.2) is 0 Å². The number of nitrogens with zero attached hydrogens (tertiary/aromatic N) is 1. The number of nitrogens with one attached hydrogen (secondary N) is 1. The van der Waals surface area contributed by atoms with Crippen LogP contribution in [0.2, 0.25) is 0 Å². The Labute approximate surface area is 110 Å². The van der Waals surface area contributed by atoms with Gasteiger partial charge in [-0.05, 0) is 5.56 Å². The number of hydrogen-bond donors (Lipinski definition) is 1. The van der Waals surface area contributed by atoms with Crippen molar-refractivity contribution in [1.29, 1.82) is 0 Å². The van der Waals surface area contributed by atoms with E-state index < -0.39 is 6.04 Å². The Hall–Kier alpha value is -1.81. The molecule has 0 bridgehead atoms. The molecule has 0 spiro atoms. The second-order valence-corrected chi connectivity index (χ2v) is 4.24. The lowest BCUT2D eigenvalue weighted by Crippen LogP contribution is -2.53. The molecule has 2 rings (SSSR count). The van der Waals surface area contributed by atoms with Crippen molar-refractivity contribution in [2.24, 2.45) is 0 Å². The maximum absolute atomic E-state index is 12.2. The number of halogens is 1. The summed E-state index contributed by atoms with van der Waals surface area (Å²) in [4.78, 5) is 25.3. The summed E-state index contributed by atoms with van der Waals surface area (Å²) in [6.07, 6.45) is 1.64. The van der Waals surface area contributed by atoms with E-state index in [0.717, 1.165) is 5.56 Å². The van der Waals surface area contributed by atoms with Gasteiger partial charge in [0.25, 0.3) is 5.91 Å². The summed E-state index contributed by atoms with van der Waals surface area (Å²) in [5, 5.41) is 2.70. The third-order valence-corrected chi connectivity index (χ3v) is 2.92. The Morgan fingerprint density at radius 3 is 2.72 bits per heavy atom. The molecule has 1 saturated heterocycles. The molecule has 1 aliphatic heterocycles. The van der Waals surface area contributed by atoms with E-state index in [4.69, 9.17) is 11.6 Å². The number of benzene rings is 1. The maximum Gasteiger partial charge on any atom is 0.250 e. The van der Waals surface area contributed by atoms with Gasteiger partial charge in [0, 0.05) is 12.1 Å². The Bertz CT molecular complexity index is 473. The highest BCUT2D eigenvalue weighted by molar-refractivity contribution is 6.25.